The monoisotopic (exact) mass is 218 g/mol. The van der Waals surface area contributed by atoms with Gasteiger partial charge in [0.05, 0.1) is 0 Å². The van der Waals surface area contributed by atoms with Crippen LogP contribution in [-0.4, -0.2) is 5.11 Å². The summed E-state index contributed by atoms with van der Waals surface area (Å²) in [5.41, 5.74) is 1.93. The molecule has 1 nitrogen and oxygen atoms in total. The molecule has 0 radical (unpaired) electrons. The summed E-state index contributed by atoms with van der Waals surface area (Å²) < 4.78 is 0. The van der Waals surface area contributed by atoms with Gasteiger partial charge >= 0.3 is 0 Å². The quantitative estimate of drug-likeness (QED) is 0.749. The van der Waals surface area contributed by atoms with E-state index in [0.717, 1.165) is 11.1 Å². The Hall–Kier alpha value is -1.47. The second kappa shape index (κ2) is 4.37. The van der Waals surface area contributed by atoms with Crippen molar-refractivity contribution in [2.75, 3.05) is 0 Å². The summed E-state index contributed by atoms with van der Waals surface area (Å²) in [6, 6.07) is 7.49. The minimum absolute atomic E-state index is 0.391. The van der Waals surface area contributed by atoms with Gasteiger partial charge in [-0.3, -0.25) is 0 Å². The Morgan fingerprint density at radius 2 is 1.67 bits per heavy atom. The molecular weight excluding hydrogens is 208 g/mol. The lowest BCUT2D eigenvalue weighted by Crippen LogP contribution is -1.91. The van der Waals surface area contributed by atoms with Crippen LogP contribution in [0.5, 0.6) is 0 Å². The average molecular weight is 219 g/mol. The molecule has 2 heteroatoms. The smallest absolute Gasteiger partial charge is 0.104 e. The number of hydrogen-bond donors (Lipinski definition) is 1. The highest BCUT2D eigenvalue weighted by atomic mass is 35.5. The predicted molar refractivity (Wildman–Crippen MR) is 63.1 cm³/mol. The molecule has 1 aromatic rings. The summed E-state index contributed by atoms with van der Waals surface area (Å²) in [5.74, 6) is 0.391. The maximum absolute atomic E-state index is 9.82. The highest BCUT2D eigenvalue weighted by Crippen LogP contribution is 2.17. The first-order valence-electron chi connectivity index (χ1n) is 4.77. The van der Waals surface area contributed by atoms with Crippen LogP contribution in [0.2, 0.25) is 5.02 Å². The zero-order valence-corrected chi connectivity index (χ0v) is 8.91. The van der Waals surface area contributed by atoms with Crippen LogP contribution in [0.25, 0.3) is 0 Å². The molecule has 0 heterocycles. The Labute approximate surface area is 94.0 Å². The maximum Gasteiger partial charge on any atom is 0.104 e. The summed E-state index contributed by atoms with van der Waals surface area (Å²) in [5, 5.41) is 10.5. The molecule has 0 saturated heterocycles. The normalized spacial score (nSPS) is 13.5. The summed E-state index contributed by atoms with van der Waals surface area (Å²) >= 11 is 5.78. The molecule has 0 atom stereocenters. The molecule has 2 rings (SSSR count). The number of halogens is 1. The van der Waals surface area contributed by atoms with E-state index in [1.54, 1.807) is 0 Å². The first-order chi connectivity index (χ1) is 7.25. The van der Waals surface area contributed by atoms with Crippen LogP contribution in [0.1, 0.15) is 5.56 Å². The molecule has 0 amide bonds. The van der Waals surface area contributed by atoms with E-state index >= 15 is 0 Å². The second-order valence-corrected chi connectivity index (χ2v) is 3.86. The van der Waals surface area contributed by atoms with Gasteiger partial charge in [0.25, 0.3) is 0 Å². The Balaban J connectivity index is 2.15. The van der Waals surface area contributed by atoms with Crippen molar-refractivity contribution in [3.8, 4) is 0 Å². The van der Waals surface area contributed by atoms with Gasteiger partial charge in [0, 0.05) is 17.0 Å². The molecule has 0 bridgehead atoms. The predicted octanol–water partition coefficient (Wildman–Crippen LogP) is 3.82. The van der Waals surface area contributed by atoms with Crippen LogP contribution >= 0.6 is 11.6 Å². The van der Waals surface area contributed by atoms with Crippen LogP contribution in [0.4, 0.5) is 0 Å². The van der Waals surface area contributed by atoms with Crippen molar-refractivity contribution in [2.45, 2.75) is 6.42 Å². The fraction of sp³-hybridized carbons (Fsp3) is 0.0769. The molecule has 1 aliphatic carbocycles. The topological polar surface area (TPSA) is 20.2 Å². The Morgan fingerprint density at radius 3 is 2.27 bits per heavy atom. The number of rotatable bonds is 2. The fourth-order valence-corrected chi connectivity index (χ4v) is 1.59. The number of allylic oxidation sites excluding steroid dienone is 6. The molecule has 1 aliphatic rings. The summed E-state index contributed by atoms with van der Waals surface area (Å²) in [6.07, 6.45) is 8.15. The first kappa shape index (κ1) is 10.1. The lowest BCUT2D eigenvalue weighted by atomic mass is 10.1. The highest BCUT2D eigenvalue weighted by Gasteiger charge is 2.03. The summed E-state index contributed by atoms with van der Waals surface area (Å²) in [4.78, 5) is 0. The highest BCUT2D eigenvalue weighted by molar-refractivity contribution is 6.30. The lowest BCUT2D eigenvalue weighted by Gasteiger charge is -2.02. The molecule has 1 N–H and O–H groups in total. The molecule has 0 aliphatic heterocycles. The molecule has 0 fully saturated rings. The van der Waals surface area contributed by atoms with Gasteiger partial charge in [0.15, 0.2) is 0 Å². The minimum Gasteiger partial charge on any atom is -0.511 e. The van der Waals surface area contributed by atoms with E-state index in [0.29, 0.717) is 17.2 Å². The SMILES string of the molecule is OC(Cc1ccc(Cl)cc1)=C1C=CC=C1. The van der Waals surface area contributed by atoms with Crippen LogP contribution in [0.3, 0.4) is 0 Å². The van der Waals surface area contributed by atoms with E-state index < -0.39 is 0 Å². The number of benzene rings is 1. The van der Waals surface area contributed by atoms with Gasteiger partial charge in [-0.05, 0) is 17.7 Å². The van der Waals surface area contributed by atoms with Gasteiger partial charge < -0.3 is 5.11 Å². The van der Waals surface area contributed by atoms with Crippen LogP contribution in [0.15, 0.2) is 59.9 Å². The van der Waals surface area contributed by atoms with Gasteiger partial charge in [-0.25, -0.2) is 0 Å². The Bertz CT molecular complexity index is 424. The average Bonchev–Trinajstić information content (AvgIpc) is 2.74. The van der Waals surface area contributed by atoms with Gasteiger partial charge in [0.1, 0.15) is 5.76 Å². The molecule has 76 valence electrons. The number of aliphatic hydroxyl groups excluding tert-OH is 1. The van der Waals surface area contributed by atoms with Gasteiger partial charge in [-0.1, -0.05) is 48.0 Å². The van der Waals surface area contributed by atoms with E-state index in [2.05, 4.69) is 0 Å². The van der Waals surface area contributed by atoms with Gasteiger partial charge in [0.2, 0.25) is 0 Å². The molecular formula is C13H11ClO. The van der Waals surface area contributed by atoms with E-state index in [4.69, 9.17) is 11.6 Å². The van der Waals surface area contributed by atoms with Crippen LogP contribution in [-0.2, 0) is 6.42 Å². The van der Waals surface area contributed by atoms with E-state index in [9.17, 15) is 5.11 Å². The first-order valence-corrected chi connectivity index (χ1v) is 5.15. The Kier molecular flexibility index (Phi) is 2.93. The Morgan fingerprint density at radius 1 is 1.07 bits per heavy atom. The standard InChI is InChI=1S/C13H11ClO/c14-12-7-5-10(6-8-12)9-13(15)11-3-1-2-4-11/h1-8,15H,9H2. The van der Waals surface area contributed by atoms with Gasteiger partial charge in [-0.2, -0.15) is 0 Å². The summed E-state index contributed by atoms with van der Waals surface area (Å²) in [7, 11) is 0. The zero-order chi connectivity index (χ0) is 10.7. The van der Waals surface area contributed by atoms with Crippen LogP contribution < -0.4 is 0 Å². The molecule has 0 spiro atoms. The third-order valence-electron chi connectivity index (χ3n) is 2.28. The van der Waals surface area contributed by atoms with Crippen molar-refractivity contribution in [1.29, 1.82) is 0 Å². The molecule has 0 aromatic heterocycles. The molecule has 0 unspecified atom stereocenters. The zero-order valence-electron chi connectivity index (χ0n) is 8.15. The third-order valence-corrected chi connectivity index (χ3v) is 2.53. The van der Waals surface area contributed by atoms with Crippen molar-refractivity contribution < 1.29 is 5.11 Å². The van der Waals surface area contributed by atoms with E-state index in [-0.39, 0.29) is 0 Å². The molecule has 15 heavy (non-hydrogen) atoms. The lowest BCUT2D eigenvalue weighted by molar-refractivity contribution is 0.395. The minimum atomic E-state index is 0.391. The van der Waals surface area contributed by atoms with E-state index in [1.807, 2.05) is 48.6 Å². The van der Waals surface area contributed by atoms with Crippen molar-refractivity contribution in [3.63, 3.8) is 0 Å². The van der Waals surface area contributed by atoms with Crippen molar-refractivity contribution in [3.05, 3.63) is 70.5 Å². The summed E-state index contributed by atoms with van der Waals surface area (Å²) in [6.45, 7) is 0. The third kappa shape index (κ3) is 2.51. The second-order valence-electron chi connectivity index (χ2n) is 3.42. The van der Waals surface area contributed by atoms with Crippen molar-refractivity contribution in [1.82, 2.24) is 0 Å². The number of aliphatic hydroxyl groups is 1. The largest absolute Gasteiger partial charge is 0.511 e. The molecule has 0 saturated carbocycles. The van der Waals surface area contributed by atoms with E-state index in [1.165, 1.54) is 0 Å². The fourth-order valence-electron chi connectivity index (χ4n) is 1.46. The van der Waals surface area contributed by atoms with Gasteiger partial charge in [-0.15, -0.1) is 0 Å². The van der Waals surface area contributed by atoms with Crippen molar-refractivity contribution >= 4 is 11.6 Å². The van der Waals surface area contributed by atoms with Crippen LogP contribution in [0, 0.1) is 0 Å². The van der Waals surface area contributed by atoms with Crippen molar-refractivity contribution in [2.24, 2.45) is 0 Å². The number of hydrogen-bond acceptors (Lipinski definition) is 1. The maximum atomic E-state index is 9.82. The molecule has 1 aromatic carbocycles.